The Bertz CT molecular complexity index is 1210. The van der Waals surface area contributed by atoms with Crippen LogP contribution >= 0.6 is 0 Å². The first-order chi connectivity index (χ1) is 20.5. The number of aliphatic hydroxyl groups is 1. The number of esters is 1. The second kappa shape index (κ2) is 15.0. The number of aliphatic hydroxyl groups excluding tert-OH is 1. The molecule has 2 amide bonds. The van der Waals surface area contributed by atoms with E-state index in [1.807, 2.05) is 40.0 Å². The lowest BCUT2D eigenvalue weighted by Gasteiger charge is -2.33. The van der Waals surface area contributed by atoms with Crippen molar-refractivity contribution in [3.63, 3.8) is 0 Å². The Labute approximate surface area is 254 Å². The zero-order valence-corrected chi connectivity index (χ0v) is 25.8. The van der Waals surface area contributed by atoms with Gasteiger partial charge in [0, 0.05) is 50.7 Å². The number of cyclic esters (lactones) is 1. The number of hydrogen-bond donors (Lipinski definition) is 1. The highest BCUT2D eigenvalue weighted by atomic mass is 19.1. The van der Waals surface area contributed by atoms with Crippen LogP contribution in [0.5, 0.6) is 0 Å². The van der Waals surface area contributed by atoms with Crippen LogP contribution in [0.25, 0.3) is 6.08 Å². The van der Waals surface area contributed by atoms with Gasteiger partial charge >= 0.3 is 12.1 Å². The minimum absolute atomic E-state index is 0.0221. The van der Waals surface area contributed by atoms with E-state index in [1.54, 1.807) is 21.9 Å². The molecule has 4 rings (SSSR count). The molecule has 5 atom stereocenters. The van der Waals surface area contributed by atoms with Gasteiger partial charge in [0.2, 0.25) is 5.91 Å². The van der Waals surface area contributed by atoms with E-state index >= 15 is 0 Å². The summed E-state index contributed by atoms with van der Waals surface area (Å²) in [4.78, 5) is 43.8. The molecule has 0 radical (unpaired) electrons. The number of anilines is 1. The molecule has 1 aromatic rings. The van der Waals surface area contributed by atoms with Crippen LogP contribution in [0.3, 0.4) is 0 Å². The third kappa shape index (κ3) is 9.13. The number of halogens is 1. The zero-order chi connectivity index (χ0) is 31.1. The van der Waals surface area contributed by atoms with E-state index in [-0.39, 0.29) is 30.3 Å². The van der Waals surface area contributed by atoms with Crippen LogP contribution in [-0.2, 0) is 19.1 Å². The second-order valence-corrected chi connectivity index (χ2v) is 12.3. The zero-order valence-electron chi connectivity index (χ0n) is 25.8. The molecule has 0 aliphatic carbocycles. The van der Waals surface area contributed by atoms with E-state index < -0.39 is 30.1 Å². The monoisotopic (exact) mass is 599 g/mol. The first-order valence-corrected chi connectivity index (χ1v) is 15.5. The molecule has 0 spiro atoms. The first kappa shape index (κ1) is 32.7. The molecule has 3 aliphatic rings. The maximum atomic E-state index is 14.7. The van der Waals surface area contributed by atoms with Crippen molar-refractivity contribution < 1.29 is 33.4 Å². The number of piperazine rings is 1. The second-order valence-electron chi connectivity index (χ2n) is 12.3. The minimum Gasteiger partial charge on any atom is -0.457 e. The summed E-state index contributed by atoms with van der Waals surface area (Å²) in [5.74, 6) is -1.39. The van der Waals surface area contributed by atoms with Crippen molar-refractivity contribution in [1.82, 2.24) is 9.80 Å². The number of benzene rings is 1. The maximum absolute atomic E-state index is 14.7. The van der Waals surface area contributed by atoms with Crippen LogP contribution in [0.2, 0.25) is 0 Å². The Kier molecular flexibility index (Phi) is 11.4. The molecule has 9 nitrogen and oxygen atoms in total. The molecule has 43 heavy (non-hydrogen) atoms. The topological polar surface area (TPSA) is 99.6 Å². The van der Waals surface area contributed by atoms with Crippen LogP contribution in [0.1, 0.15) is 64.9 Å². The van der Waals surface area contributed by atoms with Gasteiger partial charge in [-0.05, 0) is 81.0 Å². The summed E-state index contributed by atoms with van der Waals surface area (Å²) in [6.45, 7) is 9.02. The van der Waals surface area contributed by atoms with Crippen molar-refractivity contribution in [3.05, 3.63) is 47.3 Å². The molecule has 2 saturated heterocycles. The first-order valence-electron chi connectivity index (χ1n) is 15.5. The molecule has 0 aromatic heterocycles. The van der Waals surface area contributed by atoms with E-state index in [0.29, 0.717) is 55.7 Å². The van der Waals surface area contributed by atoms with Gasteiger partial charge in [0.15, 0.2) is 0 Å². The molecule has 3 heterocycles. The Morgan fingerprint density at radius 3 is 2.51 bits per heavy atom. The molecular formula is C33H46FN3O6. The fourth-order valence-electron chi connectivity index (χ4n) is 5.89. The number of piperidine rings is 1. The lowest BCUT2D eigenvalue weighted by atomic mass is 9.91. The fourth-order valence-corrected chi connectivity index (χ4v) is 5.89. The predicted octanol–water partition coefficient (Wildman–Crippen LogP) is 4.78. The summed E-state index contributed by atoms with van der Waals surface area (Å²) >= 11 is 0. The van der Waals surface area contributed by atoms with Gasteiger partial charge in [-0.25, -0.2) is 9.18 Å². The molecule has 1 aromatic carbocycles. The third-order valence-corrected chi connectivity index (χ3v) is 8.64. The molecule has 0 bridgehead atoms. The molecule has 3 aliphatic heterocycles. The molecule has 0 saturated carbocycles. The molecule has 10 heteroatoms. The van der Waals surface area contributed by atoms with Crippen molar-refractivity contribution in [2.45, 2.75) is 77.6 Å². The Hall–Kier alpha value is -3.24. The number of ether oxygens (including phenoxy) is 2. The summed E-state index contributed by atoms with van der Waals surface area (Å²) in [5.41, 5.74) is 1.74. The van der Waals surface area contributed by atoms with E-state index in [9.17, 15) is 23.9 Å². The summed E-state index contributed by atoms with van der Waals surface area (Å²) in [5, 5.41) is 10.6. The van der Waals surface area contributed by atoms with Gasteiger partial charge in [-0.1, -0.05) is 26.0 Å². The van der Waals surface area contributed by atoms with Gasteiger partial charge in [-0.2, -0.15) is 0 Å². The molecular weight excluding hydrogens is 553 g/mol. The third-order valence-electron chi connectivity index (χ3n) is 8.64. The van der Waals surface area contributed by atoms with Crippen molar-refractivity contribution >= 4 is 29.7 Å². The smallest absolute Gasteiger partial charge is 0.410 e. The molecule has 236 valence electrons. The lowest BCUT2D eigenvalue weighted by molar-refractivity contribution is -0.151. The number of likely N-dealkylation sites (N-methyl/N-ethyl adjacent to an activating group) is 1. The standard InChI is InChI=1S/C33H46FN3O6/c1-22-8-10-28(38)21-31(40)43-32(23(2)9-11-29(22)42-33(41)36-15-13-35(4)14-16-36)24(3)17-25-18-26(34)20-27(19-25)37-12-6-5-7-30(37)39/h9,11,17-20,22-23,28-29,32,38H,5-8,10,12-16,21H2,1-4H3/b11-9+,24-17+/t22-,23-,28+,29-,32-/m0/s1. The summed E-state index contributed by atoms with van der Waals surface area (Å²) in [6, 6.07) is 4.52. The van der Waals surface area contributed by atoms with Gasteiger partial charge in [-0.3, -0.25) is 9.59 Å². The van der Waals surface area contributed by atoms with Crippen LogP contribution in [0.15, 0.2) is 35.9 Å². The Balaban J connectivity index is 1.57. The average Bonchev–Trinajstić information content (AvgIpc) is 2.96. The largest absolute Gasteiger partial charge is 0.457 e. The fraction of sp³-hybridized carbons (Fsp3) is 0.606. The van der Waals surface area contributed by atoms with Crippen LogP contribution in [-0.4, -0.2) is 91.0 Å². The van der Waals surface area contributed by atoms with E-state index in [0.717, 1.165) is 25.9 Å². The van der Waals surface area contributed by atoms with Gasteiger partial charge in [0.1, 0.15) is 18.0 Å². The molecule has 0 unspecified atom stereocenters. The van der Waals surface area contributed by atoms with Crippen molar-refractivity contribution in [2.75, 3.05) is 44.7 Å². The van der Waals surface area contributed by atoms with E-state index in [2.05, 4.69) is 4.90 Å². The molecule has 1 N–H and O–H groups in total. The van der Waals surface area contributed by atoms with Gasteiger partial charge in [-0.15, -0.1) is 0 Å². The molecule has 2 fully saturated rings. The van der Waals surface area contributed by atoms with Gasteiger partial charge in [0.25, 0.3) is 0 Å². The summed E-state index contributed by atoms with van der Waals surface area (Å²) in [7, 11) is 2.02. The Morgan fingerprint density at radius 2 is 1.79 bits per heavy atom. The summed E-state index contributed by atoms with van der Waals surface area (Å²) in [6.07, 6.45) is 5.96. The summed E-state index contributed by atoms with van der Waals surface area (Å²) < 4.78 is 26.5. The number of hydrogen-bond acceptors (Lipinski definition) is 7. The highest BCUT2D eigenvalue weighted by Crippen LogP contribution is 2.28. The lowest BCUT2D eigenvalue weighted by Crippen LogP contribution is -2.48. The number of carbonyl (C=O) groups excluding carboxylic acids is 3. The van der Waals surface area contributed by atoms with Gasteiger partial charge in [0.05, 0.1) is 12.5 Å². The average molecular weight is 600 g/mol. The SMILES string of the molecule is C/C(=C\c1cc(F)cc(N2CCCCC2=O)c1)[C@H]1OC(=O)C[C@H](O)CC[C@H](C)[C@@H](OC(=O)N2CCN(C)CC2)/C=C/[C@@H]1C. The quantitative estimate of drug-likeness (QED) is 0.393. The van der Waals surface area contributed by atoms with Crippen molar-refractivity contribution in [2.24, 2.45) is 11.8 Å². The minimum atomic E-state index is -0.888. The van der Waals surface area contributed by atoms with Crippen LogP contribution in [0, 0.1) is 17.7 Å². The number of nitrogens with zero attached hydrogens (tertiary/aromatic N) is 3. The highest BCUT2D eigenvalue weighted by Gasteiger charge is 2.29. The van der Waals surface area contributed by atoms with Gasteiger partial charge < -0.3 is 29.3 Å². The number of amides is 2. The maximum Gasteiger partial charge on any atom is 0.410 e. The van der Waals surface area contributed by atoms with Crippen LogP contribution in [0.4, 0.5) is 14.9 Å². The highest BCUT2D eigenvalue weighted by molar-refractivity contribution is 5.94. The van der Waals surface area contributed by atoms with Crippen molar-refractivity contribution in [1.29, 1.82) is 0 Å². The predicted molar refractivity (Wildman–Crippen MR) is 163 cm³/mol. The number of carbonyl (C=O) groups is 3. The van der Waals surface area contributed by atoms with Crippen molar-refractivity contribution in [3.8, 4) is 0 Å². The normalized spacial score (nSPS) is 29.3. The Morgan fingerprint density at radius 1 is 1.05 bits per heavy atom. The van der Waals surface area contributed by atoms with E-state index in [4.69, 9.17) is 9.47 Å². The number of rotatable bonds is 4. The van der Waals surface area contributed by atoms with Crippen LogP contribution < -0.4 is 4.90 Å². The van der Waals surface area contributed by atoms with E-state index in [1.165, 1.54) is 12.1 Å².